The Morgan fingerprint density at radius 3 is 2.52 bits per heavy atom. The summed E-state index contributed by atoms with van der Waals surface area (Å²) < 4.78 is 0. The van der Waals surface area contributed by atoms with Crippen molar-refractivity contribution in [3.8, 4) is 0 Å². The zero-order valence-corrected chi connectivity index (χ0v) is 16.2. The molecule has 4 aliphatic carbocycles. The van der Waals surface area contributed by atoms with Crippen LogP contribution in [0.15, 0.2) is 28.5 Å². The third-order valence-electron chi connectivity index (χ3n) is 8.96. The van der Waals surface area contributed by atoms with Crippen LogP contribution in [-0.4, -0.2) is 21.6 Å². The van der Waals surface area contributed by atoms with E-state index in [9.17, 15) is 10.3 Å². The third kappa shape index (κ3) is 2.05. The quantitative estimate of drug-likeness (QED) is 0.366. The zero-order chi connectivity index (χ0) is 18.2. The summed E-state index contributed by atoms with van der Waals surface area (Å²) in [6.07, 6.45) is 7.22. The molecule has 0 radical (unpaired) electrons. The van der Waals surface area contributed by atoms with Crippen molar-refractivity contribution in [3.63, 3.8) is 0 Å². The monoisotopic (exact) mass is 343 g/mol. The van der Waals surface area contributed by atoms with Gasteiger partial charge in [0.1, 0.15) is 0 Å². The molecule has 0 heterocycles. The lowest BCUT2D eigenvalue weighted by Crippen LogP contribution is -2.55. The minimum atomic E-state index is -0.568. The minimum Gasteiger partial charge on any atom is -0.411 e. The largest absolute Gasteiger partial charge is 0.411 e. The standard InChI is InChI=1S/C22H33NO2/c1-13-12-21(4)17(8-11-22(21,5)24)15-6-7-16-14(2)18(23-25)9-10-20(16,3)19(13)15/h15,17,19,24-25H,1,6-12H2,2-5H3/b23-18+/t15-,17-,19-,20-,21-,22-/m0/s1. The van der Waals surface area contributed by atoms with Crippen LogP contribution in [0.1, 0.15) is 72.6 Å². The summed E-state index contributed by atoms with van der Waals surface area (Å²) >= 11 is 0. The van der Waals surface area contributed by atoms with Gasteiger partial charge in [-0.25, -0.2) is 0 Å². The summed E-state index contributed by atoms with van der Waals surface area (Å²) in [7, 11) is 0. The van der Waals surface area contributed by atoms with Crippen molar-refractivity contribution in [3.05, 3.63) is 23.3 Å². The Hall–Kier alpha value is -1.09. The van der Waals surface area contributed by atoms with Gasteiger partial charge in [-0.1, -0.05) is 36.7 Å². The zero-order valence-electron chi connectivity index (χ0n) is 16.2. The highest BCUT2D eigenvalue weighted by Gasteiger charge is 2.63. The molecule has 3 saturated carbocycles. The average molecular weight is 344 g/mol. The maximum atomic E-state index is 11.1. The molecule has 0 unspecified atom stereocenters. The Balaban J connectivity index is 1.78. The van der Waals surface area contributed by atoms with E-state index in [1.54, 1.807) is 0 Å². The first-order valence-corrected chi connectivity index (χ1v) is 9.97. The van der Waals surface area contributed by atoms with E-state index in [0.717, 1.165) is 44.2 Å². The maximum Gasteiger partial charge on any atom is 0.0824 e. The lowest BCUT2D eigenvalue weighted by Gasteiger charge is -2.60. The Bertz CT molecular complexity index is 688. The summed E-state index contributed by atoms with van der Waals surface area (Å²) in [5.74, 6) is 1.75. The highest BCUT2D eigenvalue weighted by molar-refractivity contribution is 6.01. The molecular weight excluding hydrogens is 310 g/mol. The number of hydrogen-bond donors (Lipinski definition) is 2. The molecule has 2 N–H and O–H groups in total. The molecule has 0 aromatic rings. The van der Waals surface area contributed by atoms with Gasteiger partial charge >= 0.3 is 0 Å². The lowest BCUT2D eigenvalue weighted by atomic mass is 9.45. The average Bonchev–Trinajstić information content (AvgIpc) is 2.77. The summed E-state index contributed by atoms with van der Waals surface area (Å²) in [6.45, 7) is 13.5. The molecule has 0 saturated heterocycles. The summed E-state index contributed by atoms with van der Waals surface area (Å²) in [5, 5.41) is 24.0. The van der Waals surface area contributed by atoms with Gasteiger partial charge in [0.25, 0.3) is 0 Å². The molecule has 138 valence electrons. The minimum absolute atomic E-state index is 0.0236. The van der Waals surface area contributed by atoms with Crippen molar-refractivity contribution in [1.82, 2.24) is 0 Å². The first kappa shape index (κ1) is 17.3. The molecule has 0 bridgehead atoms. The molecule has 4 aliphatic rings. The Morgan fingerprint density at radius 1 is 1.12 bits per heavy atom. The van der Waals surface area contributed by atoms with Crippen molar-refractivity contribution in [2.45, 2.75) is 78.2 Å². The molecule has 6 atom stereocenters. The fourth-order valence-corrected chi connectivity index (χ4v) is 7.43. The van der Waals surface area contributed by atoms with Crippen molar-refractivity contribution < 1.29 is 10.3 Å². The fraction of sp³-hybridized carbons (Fsp3) is 0.773. The topological polar surface area (TPSA) is 52.8 Å². The first-order chi connectivity index (χ1) is 11.7. The van der Waals surface area contributed by atoms with Gasteiger partial charge in [-0.3, -0.25) is 0 Å². The predicted octanol–water partition coefficient (Wildman–Crippen LogP) is 5.09. The number of nitrogens with zero attached hydrogens (tertiary/aromatic N) is 1. The Kier molecular flexibility index (Phi) is 3.62. The van der Waals surface area contributed by atoms with Gasteiger partial charge in [-0.15, -0.1) is 0 Å². The van der Waals surface area contributed by atoms with E-state index < -0.39 is 5.60 Å². The lowest BCUT2D eigenvalue weighted by molar-refractivity contribution is -0.0961. The van der Waals surface area contributed by atoms with E-state index in [1.807, 2.05) is 6.92 Å². The predicted molar refractivity (Wildman–Crippen MR) is 101 cm³/mol. The third-order valence-corrected chi connectivity index (χ3v) is 8.96. The number of aliphatic hydroxyl groups is 1. The van der Waals surface area contributed by atoms with Crippen LogP contribution in [0.25, 0.3) is 0 Å². The van der Waals surface area contributed by atoms with Gasteiger partial charge in [0.05, 0.1) is 11.3 Å². The smallest absolute Gasteiger partial charge is 0.0824 e. The molecule has 0 aliphatic heterocycles. The molecule has 3 nitrogen and oxygen atoms in total. The van der Waals surface area contributed by atoms with Gasteiger partial charge in [0, 0.05) is 5.41 Å². The van der Waals surface area contributed by atoms with Crippen LogP contribution in [0, 0.1) is 28.6 Å². The van der Waals surface area contributed by atoms with E-state index in [4.69, 9.17) is 0 Å². The van der Waals surface area contributed by atoms with Gasteiger partial charge in [0.2, 0.25) is 0 Å². The highest BCUT2D eigenvalue weighted by Crippen LogP contribution is 2.68. The highest BCUT2D eigenvalue weighted by atomic mass is 16.4. The molecular formula is C22H33NO2. The number of rotatable bonds is 0. The summed E-state index contributed by atoms with van der Waals surface area (Å²) in [6, 6.07) is 0. The Morgan fingerprint density at radius 2 is 1.84 bits per heavy atom. The van der Waals surface area contributed by atoms with Gasteiger partial charge in [-0.2, -0.15) is 0 Å². The van der Waals surface area contributed by atoms with Crippen molar-refractivity contribution in [2.24, 2.45) is 33.7 Å². The number of fused-ring (bicyclic) bond motifs is 5. The van der Waals surface area contributed by atoms with Crippen LogP contribution >= 0.6 is 0 Å². The van der Waals surface area contributed by atoms with Crippen LogP contribution in [0.2, 0.25) is 0 Å². The Labute approximate surface area is 151 Å². The van der Waals surface area contributed by atoms with Crippen LogP contribution in [0.4, 0.5) is 0 Å². The van der Waals surface area contributed by atoms with Crippen molar-refractivity contribution in [1.29, 1.82) is 0 Å². The molecule has 3 heteroatoms. The number of oxime groups is 1. The molecule has 0 aromatic heterocycles. The van der Waals surface area contributed by atoms with Gasteiger partial charge < -0.3 is 10.3 Å². The van der Waals surface area contributed by atoms with E-state index >= 15 is 0 Å². The first-order valence-electron chi connectivity index (χ1n) is 9.97. The second-order valence-corrected chi connectivity index (χ2v) is 9.92. The van der Waals surface area contributed by atoms with Crippen LogP contribution in [0.5, 0.6) is 0 Å². The number of allylic oxidation sites excluding steroid dienone is 3. The molecule has 0 spiro atoms. The molecule has 0 amide bonds. The van der Waals surface area contributed by atoms with Crippen LogP contribution in [-0.2, 0) is 0 Å². The van der Waals surface area contributed by atoms with Crippen LogP contribution < -0.4 is 0 Å². The van der Waals surface area contributed by atoms with Crippen molar-refractivity contribution >= 4 is 5.71 Å². The second kappa shape index (κ2) is 5.22. The van der Waals surface area contributed by atoms with Gasteiger partial charge in [-0.05, 0) is 87.5 Å². The van der Waals surface area contributed by atoms with Crippen molar-refractivity contribution in [2.75, 3.05) is 0 Å². The fourth-order valence-electron chi connectivity index (χ4n) is 7.43. The van der Waals surface area contributed by atoms with Crippen LogP contribution in [0.3, 0.4) is 0 Å². The second-order valence-electron chi connectivity index (χ2n) is 9.92. The maximum absolute atomic E-state index is 11.1. The molecule has 3 fully saturated rings. The molecule has 25 heavy (non-hydrogen) atoms. The van der Waals surface area contributed by atoms with E-state index in [0.29, 0.717) is 17.8 Å². The van der Waals surface area contributed by atoms with E-state index in [2.05, 4.69) is 32.5 Å². The SMILES string of the molecule is C=C1C[C@@]2(C)[C@@H](CC[C@]2(C)O)[C@@H]2CCC3=C(C)/C(=N/O)CC[C@]3(C)[C@@H]12. The molecule has 4 rings (SSSR count). The van der Waals surface area contributed by atoms with Gasteiger partial charge in [0.15, 0.2) is 0 Å². The summed E-state index contributed by atoms with van der Waals surface area (Å²) in [5.41, 5.74) is 4.50. The normalized spacial score (nSPS) is 51.3. The number of hydrogen-bond acceptors (Lipinski definition) is 3. The van der Waals surface area contributed by atoms with E-state index in [-0.39, 0.29) is 10.8 Å². The summed E-state index contributed by atoms with van der Waals surface area (Å²) in [4.78, 5) is 0. The molecule has 0 aromatic carbocycles. The van der Waals surface area contributed by atoms with E-state index in [1.165, 1.54) is 23.1 Å².